The summed E-state index contributed by atoms with van der Waals surface area (Å²) < 4.78 is 88.9. The number of benzene rings is 2. The van der Waals surface area contributed by atoms with E-state index in [2.05, 4.69) is 15.0 Å². The van der Waals surface area contributed by atoms with Crippen LogP contribution in [0.25, 0.3) is 11.1 Å². The minimum absolute atomic E-state index is 0.258. The predicted molar refractivity (Wildman–Crippen MR) is 140 cm³/mol. The highest BCUT2D eigenvalue weighted by atomic mass is 19.4. The van der Waals surface area contributed by atoms with Crippen LogP contribution in [0.1, 0.15) is 31.9 Å². The molecule has 0 aliphatic carbocycles. The van der Waals surface area contributed by atoms with Crippen LogP contribution in [0.5, 0.6) is 5.75 Å². The van der Waals surface area contributed by atoms with Crippen LogP contribution in [0.15, 0.2) is 60.9 Å². The van der Waals surface area contributed by atoms with Gasteiger partial charge in [0.05, 0.1) is 16.9 Å². The monoisotopic (exact) mass is 597 g/mol. The molecule has 0 radical (unpaired) electrons. The predicted octanol–water partition coefficient (Wildman–Crippen LogP) is 6.81. The van der Waals surface area contributed by atoms with Crippen LogP contribution in [-0.2, 0) is 26.9 Å². The molecule has 2 N–H and O–H groups in total. The molecular weight excluding hydrogens is 572 g/mol. The average molecular weight is 598 g/mol. The Labute approximate surface area is 236 Å². The molecular formula is C28H25F6N3O5. The van der Waals surface area contributed by atoms with Crippen LogP contribution >= 0.6 is 0 Å². The van der Waals surface area contributed by atoms with E-state index in [0.29, 0.717) is 11.6 Å². The summed E-state index contributed by atoms with van der Waals surface area (Å²) >= 11 is 0. The van der Waals surface area contributed by atoms with Gasteiger partial charge < -0.3 is 14.8 Å². The summed E-state index contributed by atoms with van der Waals surface area (Å²) in [6, 6.07) is 10.8. The summed E-state index contributed by atoms with van der Waals surface area (Å²) in [7, 11) is 0. The number of amides is 2. The molecule has 0 saturated carbocycles. The Hall–Kier alpha value is -4.62. The first-order valence-electron chi connectivity index (χ1n) is 12.2. The Kier molecular flexibility index (Phi) is 9.49. The zero-order valence-corrected chi connectivity index (χ0v) is 22.4. The summed E-state index contributed by atoms with van der Waals surface area (Å²) in [5.41, 5.74) is -2.15. The molecule has 0 aliphatic heterocycles. The van der Waals surface area contributed by atoms with Gasteiger partial charge in [0.25, 0.3) is 5.91 Å². The number of hydrogen-bond acceptors (Lipinski definition) is 6. The van der Waals surface area contributed by atoms with Gasteiger partial charge in [-0.25, -0.2) is 4.79 Å². The van der Waals surface area contributed by atoms with E-state index in [1.54, 1.807) is 48.8 Å². The highest BCUT2D eigenvalue weighted by Gasteiger charge is 2.38. The molecule has 3 aromatic rings. The largest absolute Gasteiger partial charge is 0.483 e. The van der Waals surface area contributed by atoms with Gasteiger partial charge >= 0.3 is 18.4 Å². The van der Waals surface area contributed by atoms with Gasteiger partial charge in [0.2, 0.25) is 5.78 Å². The molecule has 14 heteroatoms. The summed E-state index contributed by atoms with van der Waals surface area (Å²) in [6.07, 6.45) is -8.70. The molecule has 42 heavy (non-hydrogen) atoms. The van der Waals surface area contributed by atoms with E-state index >= 15 is 0 Å². The molecule has 0 spiro atoms. The smallest absolute Gasteiger partial charge is 0.422 e. The molecule has 2 amide bonds. The molecule has 0 fully saturated rings. The lowest BCUT2D eigenvalue weighted by atomic mass is 10.0. The van der Waals surface area contributed by atoms with Crippen molar-refractivity contribution in [3.05, 3.63) is 72.1 Å². The fourth-order valence-corrected chi connectivity index (χ4v) is 3.56. The fraction of sp³-hybridized carbons (Fsp3) is 0.286. The second-order valence-corrected chi connectivity index (χ2v) is 9.91. The number of carbonyl (C=O) groups is 3. The SMILES string of the molecule is CC(C)(C)OC(=O)Nc1cc(OCC(F)(F)F)c(C(F)(F)F)cc1NC(=O)C(=O)Cc1cccc(-c2ccncc2)c1. The topological polar surface area (TPSA) is 107 Å². The van der Waals surface area contributed by atoms with Crippen molar-refractivity contribution in [1.82, 2.24) is 4.98 Å². The van der Waals surface area contributed by atoms with E-state index in [-0.39, 0.29) is 6.07 Å². The summed E-state index contributed by atoms with van der Waals surface area (Å²) in [5, 5.41) is 4.09. The van der Waals surface area contributed by atoms with Gasteiger partial charge in [-0.05, 0) is 55.7 Å². The molecule has 0 aliphatic rings. The second-order valence-electron chi connectivity index (χ2n) is 9.91. The Morgan fingerprint density at radius 1 is 0.833 bits per heavy atom. The highest BCUT2D eigenvalue weighted by molar-refractivity contribution is 6.41. The number of aromatic nitrogens is 1. The Morgan fingerprint density at radius 3 is 2.07 bits per heavy atom. The van der Waals surface area contributed by atoms with Crippen molar-refractivity contribution in [2.75, 3.05) is 17.2 Å². The van der Waals surface area contributed by atoms with Crippen LogP contribution in [0.4, 0.5) is 42.5 Å². The first kappa shape index (κ1) is 31.9. The van der Waals surface area contributed by atoms with Crippen molar-refractivity contribution in [3.8, 4) is 16.9 Å². The maximum atomic E-state index is 13.8. The van der Waals surface area contributed by atoms with Crippen molar-refractivity contribution in [1.29, 1.82) is 0 Å². The number of anilines is 2. The molecule has 0 bridgehead atoms. The molecule has 0 saturated heterocycles. The van der Waals surface area contributed by atoms with Crippen LogP contribution in [0, 0.1) is 0 Å². The van der Waals surface area contributed by atoms with Gasteiger partial charge in [-0.15, -0.1) is 0 Å². The number of ether oxygens (including phenoxy) is 2. The van der Waals surface area contributed by atoms with Crippen LogP contribution < -0.4 is 15.4 Å². The lowest BCUT2D eigenvalue weighted by molar-refractivity contribution is -0.158. The normalized spacial score (nSPS) is 11.9. The van der Waals surface area contributed by atoms with Gasteiger partial charge in [-0.3, -0.25) is 19.9 Å². The third-order valence-electron chi connectivity index (χ3n) is 5.26. The number of Topliss-reactive ketones (excluding diaryl/α,β-unsaturated/α-hetero) is 1. The van der Waals surface area contributed by atoms with Gasteiger partial charge in [0.1, 0.15) is 11.4 Å². The standard InChI is InChI=1S/C28H25F6N3O5/c1-26(2,3)42-25(40)37-21-14-23(41-15-27(29,30)31)19(28(32,33)34)13-20(21)36-24(39)22(38)12-16-5-4-6-18(11-16)17-7-9-35-10-8-17/h4-11,13-14H,12,15H2,1-3H3,(H,36,39)(H,37,40). The van der Waals surface area contributed by atoms with E-state index in [9.17, 15) is 40.7 Å². The van der Waals surface area contributed by atoms with E-state index in [0.717, 1.165) is 11.1 Å². The summed E-state index contributed by atoms with van der Waals surface area (Å²) in [5.74, 6) is -3.66. The first-order valence-corrected chi connectivity index (χ1v) is 12.2. The Bertz CT molecular complexity index is 1450. The minimum atomic E-state index is -5.23. The lowest BCUT2D eigenvalue weighted by Crippen LogP contribution is -2.29. The molecule has 1 heterocycles. The summed E-state index contributed by atoms with van der Waals surface area (Å²) in [4.78, 5) is 41.8. The van der Waals surface area contributed by atoms with Gasteiger partial charge in [-0.2, -0.15) is 26.3 Å². The zero-order valence-electron chi connectivity index (χ0n) is 22.4. The zero-order chi connectivity index (χ0) is 31.3. The van der Waals surface area contributed by atoms with Crippen LogP contribution in [0.3, 0.4) is 0 Å². The number of hydrogen-bond donors (Lipinski definition) is 2. The summed E-state index contributed by atoms with van der Waals surface area (Å²) in [6.45, 7) is 2.40. The Morgan fingerprint density at radius 2 is 1.48 bits per heavy atom. The number of nitrogens with one attached hydrogen (secondary N) is 2. The minimum Gasteiger partial charge on any atom is -0.483 e. The molecule has 8 nitrogen and oxygen atoms in total. The lowest BCUT2D eigenvalue weighted by Gasteiger charge is -2.22. The second kappa shape index (κ2) is 12.5. The Balaban J connectivity index is 1.92. The maximum Gasteiger partial charge on any atom is 0.422 e. The molecule has 0 unspecified atom stereocenters. The van der Waals surface area contributed by atoms with Gasteiger partial charge in [0.15, 0.2) is 6.61 Å². The highest BCUT2D eigenvalue weighted by Crippen LogP contribution is 2.42. The average Bonchev–Trinajstić information content (AvgIpc) is 2.87. The van der Waals surface area contributed by atoms with Crippen molar-refractivity contribution in [3.63, 3.8) is 0 Å². The van der Waals surface area contributed by atoms with E-state index < -0.39 is 71.5 Å². The van der Waals surface area contributed by atoms with Crippen molar-refractivity contribution in [2.24, 2.45) is 0 Å². The molecule has 0 atom stereocenters. The number of carbonyl (C=O) groups excluding carboxylic acids is 3. The van der Waals surface area contributed by atoms with E-state index in [1.165, 1.54) is 20.8 Å². The van der Waals surface area contributed by atoms with Crippen molar-refractivity contribution >= 4 is 29.2 Å². The fourth-order valence-electron chi connectivity index (χ4n) is 3.56. The van der Waals surface area contributed by atoms with Crippen molar-refractivity contribution < 1.29 is 50.2 Å². The van der Waals surface area contributed by atoms with E-state index in [4.69, 9.17) is 4.74 Å². The number of rotatable bonds is 8. The van der Waals surface area contributed by atoms with Crippen LogP contribution in [0.2, 0.25) is 0 Å². The first-order chi connectivity index (χ1) is 19.4. The quantitative estimate of drug-likeness (QED) is 0.218. The number of nitrogens with zero attached hydrogens (tertiary/aromatic N) is 1. The van der Waals surface area contributed by atoms with Crippen molar-refractivity contribution in [2.45, 2.75) is 45.1 Å². The molecule has 3 rings (SSSR count). The van der Waals surface area contributed by atoms with E-state index in [1.807, 2.05) is 5.32 Å². The van der Waals surface area contributed by atoms with Gasteiger partial charge in [0, 0.05) is 24.9 Å². The maximum absolute atomic E-state index is 13.8. The third kappa shape index (κ3) is 9.49. The number of halogens is 6. The van der Waals surface area contributed by atoms with Crippen LogP contribution in [-0.4, -0.2) is 41.2 Å². The number of ketones is 1. The number of pyridine rings is 1. The van der Waals surface area contributed by atoms with Gasteiger partial charge in [-0.1, -0.05) is 24.3 Å². The third-order valence-corrected chi connectivity index (χ3v) is 5.26. The molecule has 224 valence electrons. The molecule has 2 aromatic carbocycles. The number of alkyl halides is 6. The molecule has 1 aromatic heterocycles.